The van der Waals surface area contributed by atoms with Gasteiger partial charge in [-0.2, -0.15) is 0 Å². The zero-order valence-corrected chi connectivity index (χ0v) is 11.3. The predicted molar refractivity (Wildman–Crippen MR) is 69.1 cm³/mol. The number of hydrogen-bond donors (Lipinski definition) is 2. The number of aromatic nitrogens is 5. The minimum absolute atomic E-state index is 0.233. The van der Waals surface area contributed by atoms with Gasteiger partial charge < -0.3 is 9.99 Å². The standard InChI is InChI=1S/C10H15N7S/c1-6(2)9-13-7(15-11)4-8(14-9)18-10-16-12-5-17(10)3/h4-6H,11H2,1-3H3,(H,13,14,15). The Morgan fingerprint density at radius 1 is 1.39 bits per heavy atom. The highest BCUT2D eigenvalue weighted by Crippen LogP contribution is 2.26. The lowest BCUT2D eigenvalue weighted by atomic mass is 10.2. The van der Waals surface area contributed by atoms with Crippen LogP contribution in [0.1, 0.15) is 25.6 Å². The lowest BCUT2D eigenvalue weighted by Gasteiger charge is -2.08. The Labute approximate surface area is 109 Å². The zero-order chi connectivity index (χ0) is 13.1. The number of rotatable bonds is 4. The van der Waals surface area contributed by atoms with Gasteiger partial charge in [-0.1, -0.05) is 13.8 Å². The lowest BCUT2D eigenvalue weighted by Crippen LogP contribution is -2.11. The fourth-order valence-electron chi connectivity index (χ4n) is 1.29. The van der Waals surface area contributed by atoms with E-state index in [1.54, 1.807) is 12.4 Å². The van der Waals surface area contributed by atoms with Gasteiger partial charge in [-0.25, -0.2) is 15.8 Å². The van der Waals surface area contributed by atoms with E-state index in [9.17, 15) is 0 Å². The van der Waals surface area contributed by atoms with Crippen LogP contribution in [0, 0.1) is 0 Å². The molecular weight excluding hydrogens is 250 g/mol. The van der Waals surface area contributed by atoms with Crippen molar-refractivity contribution in [2.24, 2.45) is 12.9 Å². The van der Waals surface area contributed by atoms with Gasteiger partial charge in [0.25, 0.3) is 0 Å². The maximum atomic E-state index is 5.41. The molecule has 7 nitrogen and oxygen atoms in total. The molecule has 96 valence electrons. The number of hydrogen-bond acceptors (Lipinski definition) is 7. The van der Waals surface area contributed by atoms with Crippen molar-refractivity contribution >= 4 is 17.6 Å². The van der Waals surface area contributed by atoms with E-state index in [1.807, 2.05) is 25.5 Å². The van der Waals surface area contributed by atoms with Crippen LogP contribution in [0.3, 0.4) is 0 Å². The van der Waals surface area contributed by atoms with Gasteiger partial charge >= 0.3 is 0 Å². The molecule has 0 aliphatic rings. The van der Waals surface area contributed by atoms with Crippen molar-refractivity contribution in [1.29, 1.82) is 0 Å². The van der Waals surface area contributed by atoms with Gasteiger partial charge in [0.15, 0.2) is 5.16 Å². The molecule has 3 N–H and O–H groups in total. The second-order valence-corrected chi connectivity index (χ2v) is 5.06. The van der Waals surface area contributed by atoms with E-state index in [4.69, 9.17) is 5.84 Å². The summed E-state index contributed by atoms with van der Waals surface area (Å²) in [6.45, 7) is 4.07. The molecule has 0 spiro atoms. The molecule has 18 heavy (non-hydrogen) atoms. The van der Waals surface area contributed by atoms with Gasteiger partial charge in [0.2, 0.25) is 0 Å². The molecule has 0 radical (unpaired) electrons. The molecule has 2 aromatic heterocycles. The third-order valence-corrected chi connectivity index (χ3v) is 3.22. The van der Waals surface area contributed by atoms with E-state index in [-0.39, 0.29) is 5.92 Å². The Morgan fingerprint density at radius 2 is 2.17 bits per heavy atom. The molecule has 2 rings (SSSR count). The van der Waals surface area contributed by atoms with E-state index in [0.29, 0.717) is 5.82 Å². The number of aryl methyl sites for hydroxylation is 1. The van der Waals surface area contributed by atoms with E-state index in [2.05, 4.69) is 25.6 Å². The largest absolute Gasteiger partial charge is 0.311 e. The number of anilines is 1. The molecule has 0 bridgehead atoms. The highest BCUT2D eigenvalue weighted by Gasteiger charge is 2.11. The average molecular weight is 265 g/mol. The monoisotopic (exact) mass is 265 g/mol. The van der Waals surface area contributed by atoms with Crippen molar-refractivity contribution in [2.75, 3.05) is 5.43 Å². The van der Waals surface area contributed by atoms with E-state index in [0.717, 1.165) is 16.0 Å². The van der Waals surface area contributed by atoms with E-state index in [1.165, 1.54) is 11.8 Å². The molecular formula is C10H15N7S. The molecule has 2 heterocycles. The number of nitrogen functional groups attached to an aromatic ring is 1. The van der Waals surface area contributed by atoms with Crippen LogP contribution < -0.4 is 11.3 Å². The normalized spacial score (nSPS) is 10.9. The Balaban J connectivity index is 2.32. The first-order chi connectivity index (χ1) is 8.60. The van der Waals surface area contributed by atoms with Gasteiger partial charge in [-0.05, 0) is 11.8 Å². The zero-order valence-electron chi connectivity index (χ0n) is 10.5. The molecule has 0 atom stereocenters. The molecule has 0 aliphatic heterocycles. The second-order valence-electron chi connectivity index (χ2n) is 4.08. The maximum Gasteiger partial charge on any atom is 0.197 e. The summed E-state index contributed by atoms with van der Waals surface area (Å²) in [5, 5.41) is 9.39. The summed E-state index contributed by atoms with van der Waals surface area (Å²) in [5.41, 5.74) is 2.55. The predicted octanol–water partition coefficient (Wildman–Crippen LogP) is 1.17. The van der Waals surface area contributed by atoms with Gasteiger partial charge in [-0.15, -0.1) is 10.2 Å². The Morgan fingerprint density at radius 3 is 2.72 bits per heavy atom. The maximum absolute atomic E-state index is 5.41. The molecule has 0 saturated heterocycles. The van der Waals surface area contributed by atoms with Crippen molar-refractivity contribution in [1.82, 2.24) is 24.7 Å². The summed E-state index contributed by atoms with van der Waals surface area (Å²) in [4.78, 5) is 8.77. The Bertz CT molecular complexity index is 537. The first-order valence-electron chi connectivity index (χ1n) is 5.47. The van der Waals surface area contributed by atoms with Crippen molar-refractivity contribution in [3.63, 3.8) is 0 Å². The van der Waals surface area contributed by atoms with Crippen molar-refractivity contribution in [3.8, 4) is 0 Å². The smallest absolute Gasteiger partial charge is 0.197 e. The second kappa shape index (κ2) is 5.32. The van der Waals surface area contributed by atoms with Gasteiger partial charge in [0.1, 0.15) is 23.0 Å². The molecule has 0 amide bonds. The highest BCUT2D eigenvalue weighted by molar-refractivity contribution is 7.99. The first kappa shape index (κ1) is 12.8. The number of nitrogens with two attached hydrogens (primary N) is 1. The van der Waals surface area contributed by atoms with Crippen molar-refractivity contribution < 1.29 is 0 Å². The number of hydrazine groups is 1. The van der Waals surface area contributed by atoms with Crippen LogP contribution in [0.5, 0.6) is 0 Å². The van der Waals surface area contributed by atoms with E-state index < -0.39 is 0 Å². The fraction of sp³-hybridized carbons (Fsp3) is 0.400. The first-order valence-corrected chi connectivity index (χ1v) is 6.29. The van der Waals surface area contributed by atoms with Gasteiger partial charge in [0, 0.05) is 19.0 Å². The van der Waals surface area contributed by atoms with Crippen LogP contribution >= 0.6 is 11.8 Å². The topological polar surface area (TPSA) is 94.5 Å². The summed E-state index contributed by atoms with van der Waals surface area (Å²) in [6, 6.07) is 1.78. The van der Waals surface area contributed by atoms with Crippen LogP contribution in [0.4, 0.5) is 5.82 Å². The Hall–Kier alpha value is -1.67. The summed E-state index contributed by atoms with van der Waals surface area (Å²) in [7, 11) is 1.88. The number of nitrogens with one attached hydrogen (secondary N) is 1. The van der Waals surface area contributed by atoms with Crippen LogP contribution in [0.2, 0.25) is 0 Å². The third-order valence-electron chi connectivity index (χ3n) is 2.25. The van der Waals surface area contributed by atoms with Crippen molar-refractivity contribution in [2.45, 2.75) is 29.9 Å². The molecule has 8 heteroatoms. The summed E-state index contributed by atoms with van der Waals surface area (Å²) >= 11 is 1.42. The lowest BCUT2D eigenvalue weighted by molar-refractivity contribution is 0.750. The minimum atomic E-state index is 0.233. The molecule has 0 unspecified atom stereocenters. The summed E-state index contributed by atoms with van der Waals surface area (Å²) in [5.74, 6) is 6.98. The van der Waals surface area contributed by atoms with Crippen LogP contribution in [-0.4, -0.2) is 24.7 Å². The van der Waals surface area contributed by atoms with Gasteiger partial charge in [0.05, 0.1) is 0 Å². The summed E-state index contributed by atoms with van der Waals surface area (Å²) in [6.07, 6.45) is 1.65. The molecule has 0 fully saturated rings. The van der Waals surface area contributed by atoms with Crippen LogP contribution in [0.15, 0.2) is 22.6 Å². The quantitative estimate of drug-likeness (QED) is 0.486. The third kappa shape index (κ3) is 2.77. The summed E-state index contributed by atoms with van der Waals surface area (Å²) < 4.78 is 1.83. The fourth-order valence-corrected chi connectivity index (χ4v) is 2.06. The van der Waals surface area contributed by atoms with Gasteiger partial charge in [-0.3, -0.25) is 0 Å². The molecule has 0 aromatic carbocycles. The SMILES string of the molecule is CC(C)c1nc(NN)cc(Sc2nncn2C)n1. The molecule has 0 saturated carbocycles. The average Bonchev–Trinajstić information content (AvgIpc) is 2.74. The van der Waals surface area contributed by atoms with Crippen molar-refractivity contribution in [3.05, 3.63) is 18.2 Å². The molecule has 0 aliphatic carbocycles. The Kier molecular flexibility index (Phi) is 3.78. The van der Waals surface area contributed by atoms with Crippen LogP contribution in [-0.2, 0) is 7.05 Å². The highest BCUT2D eigenvalue weighted by atomic mass is 32.2. The number of nitrogens with zero attached hydrogens (tertiary/aromatic N) is 5. The van der Waals surface area contributed by atoms with Crippen LogP contribution in [0.25, 0.3) is 0 Å². The van der Waals surface area contributed by atoms with E-state index >= 15 is 0 Å². The molecule has 2 aromatic rings. The minimum Gasteiger partial charge on any atom is -0.311 e.